The van der Waals surface area contributed by atoms with Crippen molar-refractivity contribution in [2.45, 2.75) is 51.5 Å². The summed E-state index contributed by atoms with van der Waals surface area (Å²) in [7, 11) is 0. The van der Waals surface area contributed by atoms with Gasteiger partial charge in [0.05, 0.1) is 5.56 Å². The Hall–Kier alpha value is -3.22. The number of aromatic nitrogens is 1. The highest BCUT2D eigenvalue weighted by Gasteiger charge is 2.42. The van der Waals surface area contributed by atoms with Gasteiger partial charge in [-0.1, -0.05) is 25.3 Å². The molecule has 1 heterocycles. The first-order chi connectivity index (χ1) is 15.0. The van der Waals surface area contributed by atoms with Gasteiger partial charge in [0.1, 0.15) is 5.54 Å². The van der Waals surface area contributed by atoms with Gasteiger partial charge in [-0.25, -0.2) is 0 Å². The summed E-state index contributed by atoms with van der Waals surface area (Å²) >= 11 is 0. The minimum Gasteiger partial charge on any atom is -0.341 e. The van der Waals surface area contributed by atoms with Crippen LogP contribution in [0, 0.1) is 0 Å². The molecule has 7 nitrogen and oxygen atoms in total. The number of amides is 3. The summed E-state index contributed by atoms with van der Waals surface area (Å²) in [6.45, 7) is 5.13. The lowest BCUT2D eigenvalue weighted by molar-refractivity contribution is -0.139. The maximum absolute atomic E-state index is 13.3. The smallest absolute Gasteiger partial charge is 0.257 e. The minimum atomic E-state index is -0.865. The fourth-order valence-electron chi connectivity index (χ4n) is 4.09. The topological polar surface area (TPSA) is 91.4 Å². The monoisotopic (exact) mass is 422 g/mol. The second-order valence-electron chi connectivity index (χ2n) is 7.85. The average molecular weight is 423 g/mol. The Balaban J connectivity index is 1.77. The molecule has 0 unspecified atom stereocenters. The van der Waals surface area contributed by atoms with Crippen LogP contribution in [-0.4, -0.2) is 46.2 Å². The van der Waals surface area contributed by atoms with Crippen LogP contribution >= 0.6 is 0 Å². The van der Waals surface area contributed by atoms with E-state index in [1.54, 1.807) is 47.5 Å². The van der Waals surface area contributed by atoms with Crippen molar-refractivity contribution in [1.29, 1.82) is 0 Å². The predicted molar refractivity (Wildman–Crippen MR) is 120 cm³/mol. The Morgan fingerprint density at radius 3 is 2.32 bits per heavy atom. The van der Waals surface area contributed by atoms with Gasteiger partial charge in [0.25, 0.3) is 11.8 Å². The number of rotatable bonds is 7. The van der Waals surface area contributed by atoms with Crippen LogP contribution in [0.5, 0.6) is 0 Å². The van der Waals surface area contributed by atoms with Crippen molar-refractivity contribution >= 4 is 23.4 Å². The van der Waals surface area contributed by atoms with Crippen LogP contribution in [0.1, 0.15) is 66.7 Å². The maximum Gasteiger partial charge on any atom is 0.257 e. The molecular formula is C24H30N4O3. The van der Waals surface area contributed by atoms with Crippen LogP contribution in [0.3, 0.4) is 0 Å². The number of benzene rings is 1. The largest absolute Gasteiger partial charge is 0.341 e. The van der Waals surface area contributed by atoms with Gasteiger partial charge < -0.3 is 15.5 Å². The third kappa shape index (κ3) is 5.29. The van der Waals surface area contributed by atoms with Crippen LogP contribution in [0.25, 0.3) is 0 Å². The molecule has 31 heavy (non-hydrogen) atoms. The summed E-state index contributed by atoms with van der Waals surface area (Å²) in [6, 6.07) is 10.1. The van der Waals surface area contributed by atoms with E-state index in [9.17, 15) is 14.4 Å². The van der Waals surface area contributed by atoms with E-state index in [-0.39, 0.29) is 17.7 Å². The van der Waals surface area contributed by atoms with E-state index in [1.807, 2.05) is 13.8 Å². The van der Waals surface area contributed by atoms with E-state index in [0.29, 0.717) is 42.7 Å². The van der Waals surface area contributed by atoms with Crippen molar-refractivity contribution in [3.8, 4) is 0 Å². The summed E-state index contributed by atoms with van der Waals surface area (Å²) in [6.07, 6.45) is 7.26. The Labute approximate surface area is 183 Å². The number of nitrogens with one attached hydrogen (secondary N) is 2. The zero-order valence-corrected chi connectivity index (χ0v) is 18.2. The van der Waals surface area contributed by atoms with Crippen molar-refractivity contribution in [2.24, 2.45) is 0 Å². The summed E-state index contributed by atoms with van der Waals surface area (Å²) in [5.41, 5.74) is 0.481. The van der Waals surface area contributed by atoms with E-state index < -0.39 is 5.54 Å². The van der Waals surface area contributed by atoms with Gasteiger partial charge in [-0.05, 0) is 57.0 Å². The number of carbonyl (C=O) groups is 3. The molecule has 0 spiro atoms. The molecule has 2 aromatic rings. The second-order valence-corrected chi connectivity index (χ2v) is 7.85. The molecule has 3 rings (SSSR count). The number of likely N-dealkylation sites (N-methyl/N-ethyl adjacent to an activating group) is 1. The molecule has 0 radical (unpaired) electrons. The number of anilines is 1. The Bertz CT molecular complexity index is 919. The highest BCUT2D eigenvalue weighted by molar-refractivity contribution is 6.05. The Morgan fingerprint density at radius 1 is 0.968 bits per heavy atom. The normalized spacial score (nSPS) is 15.0. The van der Waals surface area contributed by atoms with Gasteiger partial charge in [-0.3, -0.25) is 19.4 Å². The third-order valence-corrected chi connectivity index (χ3v) is 5.83. The lowest BCUT2D eigenvalue weighted by atomic mass is 9.80. The summed E-state index contributed by atoms with van der Waals surface area (Å²) in [5, 5.41) is 5.85. The third-order valence-electron chi connectivity index (χ3n) is 5.83. The van der Waals surface area contributed by atoms with Crippen LogP contribution in [0.15, 0.2) is 48.8 Å². The molecule has 0 bridgehead atoms. The lowest BCUT2D eigenvalue weighted by Gasteiger charge is -2.40. The van der Waals surface area contributed by atoms with Crippen molar-refractivity contribution in [1.82, 2.24) is 15.2 Å². The first kappa shape index (κ1) is 22.5. The fourth-order valence-corrected chi connectivity index (χ4v) is 4.09. The molecule has 1 aromatic heterocycles. The molecule has 1 saturated carbocycles. The summed E-state index contributed by atoms with van der Waals surface area (Å²) in [4.78, 5) is 44.5. The SMILES string of the molecule is CCN(CC)C(=O)C1(NC(=O)c2cccc(NC(=O)c3cccnc3)c2)CCCCC1. The standard InChI is InChI=1S/C24H30N4O3/c1-3-28(4-2)23(31)24(13-6-5-7-14-24)27-22(30)18-10-8-12-20(16-18)26-21(29)19-11-9-15-25-17-19/h8-12,15-17H,3-7,13-14H2,1-2H3,(H,26,29)(H,27,30). The number of hydrogen-bond donors (Lipinski definition) is 2. The van der Waals surface area contributed by atoms with Crippen LogP contribution in [0.2, 0.25) is 0 Å². The molecule has 0 saturated heterocycles. The Morgan fingerprint density at radius 2 is 1.68 bits per heavy atom. The molecule has 164 valence electrons. The molecular weight excluding hydrogens is 392 g/mol. The summed E-state index contributed by atoms with van der Waals surface area (Å²) < 4.78 is 0. The van der Waals surface area contributed by atoms with Crippen molar-refractivity contribution < 1.29 is 14.4 Å². The average Bonchev–Trinajstić information content (AvgIpc) is 2.81. The Kier molecular flexibility index (Phi) is 7.39. The molecule has 1 fully saturated rings. The number of nitrogens with zero attached hydrogens (tertiary/aromatic N) is 2. The quantitative estimate of drug-likeness (QED) is 0.713. The molecule has 2 N–H and O–H groups in total. The first-order valence-corrected chi connectivity index (χ1v) is 10.9. The molecule has 0 aliphatic heterocycles. The van der Waals surface area contributed by atoms with Gasteiger partial charge in [0.15, 0.2) is 0 Å². The van der Waals surface area contributed by atoms with Gasteiger partial charge in [0.2, 0.25) is 5.91 Å². The first-order valence-electron chi connectivity index (χ1n) is 10.9. The highest BCUT2D eigenvalue weighted by Crippen LogP contribution is 2.30. The van der Waals surface area contributed by atoms with Gasteiger partial charge >= 0.3 is 0 Å². The van der Waals surface area contributed by atoms with Gasteiger partial charge in [-0.2, -0.15) is 0 Å². The van der Waals surface area contributed by atoms with Crippen molar-refractivity contribution in [2.75, 3.05) is 18.4 Å². The number of pyridine rings is 1. The minimum absolute atomic E-state index is 0.00779. The molecule has 0 atom stereocenters. The van der Waals surface area contributed by atoms with E-state index in [4.69, 9.17) is 0 Å². The van der Waals surface area contributed by atoms with E-state index in [2.05, 4.69) is 15.6 Å². The second kappa shape index (κ2) is 10.2. The van der Waals surface area contributed by atoms with Crippen LogP contribution in [0.4, 0.5) is 5.69 Å². The van der Waals surface area contributed by atoms with Gasteiger partial charge in [-0.15, -0.1) is 0 Å². The van der Waals surface area contributed by atoms with Crippen molar-refractivity contribution in [3.63, 3.8) is 0 Å². The van der Waals surface area contributed by atoms with Crippen LogP contribution in [-0.2, 0) is 4.79 Å². The van der Waals surface area contributed by atoms with E-state index in [1.165, 1.54) is 6.20 Å². The van der Waals surface area contributed by atoms with E-state index in [0.717, 1.165) is 19.3 Å². The fraction of sp³-hybridized carbons (Fsp3) is 0.417. The predicted octanol–water partition coefficient (Wildman–Crippen LogP) is 3.64. The number of carbonyl (C=O) groups excluding carboxylic acids is 3. The highest BCUT2D eigenvalue weighted by atomic mass is 16.2. The zero-order chi connectivity index (χ0) is 22.3. The maximum atomic E-state index is 13.3. The zero-order valence-electron chi connectivity index (χ0n) is 18.2. The van der Waals surface area contributed by atoms with Gasteiger partial charge in [0, 0.05) is 36.7 Å². The number of hydrogen-bond acceptors (Lipinski definition) is 4. The van der Waals surface area contributed by atoms with Crippen molar-refractivity contribution in [3.05, 3.63) is 59.9 Å². The van der Waals surface area contributed by atoms with Crippen LogP contribution < -0.4 is 10.6 Å². The molecule has 7 heteroatoms. The molecule has 1 aliphatic rings. The molecule has 3 amide bonds. The van der Waals surface area contributed by atoms with E-state index >= 15 is 0 Å². The molecule has 1 aliphatic carbocycles. The lowest BCUT2D eigenvalue weighted by Crippen LogP contribution is -2.60. The molecule has 1 aromatic carbocycles. The summed E-state index contributed by atoms with van der Waals surface area (Å²) in [5.74, 6) is -0.613.